The van der Waals surface area contributed by atoms with Crippen molar-refractivity contribution in [3.05, 3.63) is 77.0 Å². The van der Waals surface area contributed by atoms with Crippen molar-refractivity contribution in [2.24, 2.45) is 0 Å². The van der Waals surface area contributed by atoms with Crippen LogP contribution in [0.15, 0.2) is 75.0 Å². The molecule has 3 aromatic heterocycles. The largest absolute Gasteiger partial charge is 0.499 e. The van der Waals surface area contributed by atoms with Crippen LogP contribution in [0.5, 0.6) is 5.75 Å². The van der Waals surface area contributed by atoms with E-state index in [1.165, 1.54) is 25.1 Å². The summed E-state index contributed by atoms with van der Waals surface area (Å²) in [5.41, 5.74) is -0.844. The fourth-order valence-electron chi connectivity index (χ4n) is 3.76. The van der Waals surface area contributed by atoms with E-state index >= 15 is 0 Å². The van der Waals surface area contributed by atoms with Crippen LogP contribution in [0.4, 0.5) is 22.0 Å². The van der Waals surface area contributed by atoms with E-state index < -0.39 is 39.5 Å². The number of halogens is 5. The maximum absolute atomic E-state index is 13.4. The molecule has 2 aromatic carbocycles. The summed E-state index contributed by atoms with van der Waals surface area (Å²) in [5, 5.41) is 13.2. The Hall–Kier alpha value is -5.11. The molecule has 42 heavy (non-hydrogen) atoms. The normalized spacial score (nSPS) is 12.4. The molecule has 216 valence electrons. The van der Waals surface area contributed by atoms with Crippen molar-refractivity contribution in [2.45, 2.75) is 24.1 Å². The van der Waals surface area contributed by atoms with Crippen molar-refractivity contribution < 1.29 is 39.5 Å². The first-order valence-corrected chi connectivity index (χ1v) is 13.3. The van der Waals surface area contributed by atoms with Crippen LogP contribution in [0.1, 0.15) is 12.5 Å². The highest BCUT2D eigenvalue weighted by molar-refractivity contribution is 7.91. The molecule has 0 aliphatic rings. The molecule has 0 amide bonds. The number of nitriles is 1. The molecule has 5 rings (SSSR count). The molecule has 17 heteroatoms. The van der Waals surface area contributed by atoms with Crippen LogP contribution in [0.2, 0.25) is 0 Å². The monoisotopic (exact) mass is 606 g/mol. The average molecular weight is 606 g/mol. The van der Waals surface area contributed by atoms with Gasteiger partial charge in [-0.05, 0) is 42.5 Å². The minimum absolute atomic E-state index is 0.112. The Morgan fingerprint density at radius 3 is 2.50 bits per heavy atom. The highest BCUT2D eigenvalue weighted by Crippen LogP contribution is 2.38. The predicted octanol–water partition coefficient (Wildman–Crippen LogP) is 4.43. The molecule has 0 aliphatic heterocycles. The molecule has 0 fully saturated rings. The highest BCUT2D eigenvalue weighted by atomic mass is 32.2. The second-order valence-electron chi connectivity index (χ2n) is 8.54. The molecule has 0 unspecified atom stereocenters. The van der Waals surface area contributed by atoms with E-state index in [1.54, 1.807) is 12.1 Å². The molecular formula is C25H15F5N6O5S. The third-order valence-corrected chi connectivity index (χ3v) is 7.60. The lowest BCUT2D eigenvalue weighted by Gasteiger charge is -2.19. The van der Waals surface area contributed by atoms with Gasteiger partial charge in [0.15, 0.2) is 21.2 Å². The third kappa shape index (κ3) is 5.07. The molecule has 0 N–H and O–H groups in total. The number of benzene rings is 2. The summed E-state index contributed by atoms with van der Waals surface area (Å²) < 4.78 is 101. The Bertz CT molecular complexity index is 2040. The zero-order valence-electron chi connectivity index (χ0n) is 21.0. The minimum atomic E-state index is -5.98. The van der Waals surface area contributed by atoms with Crippen molar-refractivity contribution >= 4 is 20.9 Å². The number of alkyl halides is 5. The van der Waals surface area contributed by atoms with Gasteiger partial charge in [0.05, 0.1) is 28.0 Å². The number of rotatable bonds is 7. The van der Waals surface area contributed by atoms with E-state index in [4.69, 9.17) is 9.68 Å². The SMILES string of the molecule is CCS(=O)(=O)c1ccc(-n2ncn(-c3cccc(C#N)c3)c2=O)nc1-c1nc2cc(OC(F)(F)C(F)(F)F)ccc2o1. The first kappa shape index (κ1) is 28.4. The van der Waals surface area contributed by atoms with E-state index in [1.807, 2.05) is 6.07 Å². The fraction of sp³-hybridized carbons (Fsp3) is 0.160. The second-order valence-corrected chi connectivity index (χ2v) is 10.8. The Labute approximate surface area is 232 Å². The van der Waals surface area contributed by atoms with Crippen LogP contribution in [-0.4, -0.2) is 50.8 Å². The van der Waals surface area contributed by atoms with Crippen LogP contribution in [-0.2, 0) is 9.84 Å². The Kier molecular flexibility index (Phi) is 6.81. The van der Waals surface area contributed by atoms with E-state index in [-0.39, 0.29) is 38.8 Å². The number of hydrogen-bond acceptors (Lipinski definition) is 9. The Morgan fingerprint density at radius 1 is 1.05 bits per heavy atom. The van der Waals surface area contributed by atoms with E-state index in [2.05, 4.69) is 19.8 Å². The van der Waals surface area contributed by atoms with Gasteiger partial charge >= 0.3 is 18.0 Å². The summed E-state index contributed by atoms with van der Waals surface area (Å²) in [6.07, 6.45) is -10.3. The predicted molar refractivity (Wildman–Crippen MR) is 134 cm³/mol. The number of oxazole rings is 1. The van der Waals surface area contributed by atoms with Crippen molar-refractivity contribution in [3.8, 4) is 34.9 Å². The first-order chi connectivity index (χ1) is 19.7. The fourth-order valence-corrected chi connectivity index (χ4v) is 4.77. The average Bonchev–Trinajstić information content (AvgIpc) is 3.55. The minimum Gasteiger partial charge on any atom is -0.435 e. The lowest BCUT2D eigenvalue weighted by molar-refractivity contribution is -0.360. The van der Waals surface area contributed by atoms with Gasteiger partial charge in [-0.25, -0.2) is 27.7 Å². The summed E-state index contributed by atoms with van der Waals surface area (Å²) in [6.45, 7) is 1.37. The molecule has 3 heterocycles. The summed E-state index contributed by atoms with van der Waals surface area (Å²) >= 11 is 0. The smallest absolute Gasteiger partial charge is 0.435 e. The molecule has 0 saturated carbocycles. The topological polar surface area (TPSA) is 146 Å². The number of pyridine rings is 1. The molecule has 0 aliphatic carbocycles. The summed E-state index contributed by atoms with van der Waals surface area (Å²) in [7, 11) is -3.97. The van der Waals surface area contributed by atoms with Crippen LogP contribution < -0.4 is 10.4 Å². The quantitative estimate of drug-likeness (QED) is 0.246. The van der Waals surface area contributed by atoms with Crippen LogP contribution in [0, 0.1) is 11.3 Å². The summed E-state index contributed by atoms with van der Waals surface area (Å²) in [4.78, 5) is 21.1. The molecule has 11 nitrogen and oxygen atoms in total. The highest BCUT2D eigenvalue weighted by Gasteiger charge is 2.61. The maximum atomic E-state index is 13.4. The second kappa shape index (κ2) is 10.1. The molecule has 0 saturated heterocycles. The van der Waals surface area contributed by atoms with E-state index in [9.17, 15) is 35.2 Å². The molecule has 0 bridgehead atoms. The zero-order valence-corrected chi connectivity index (χ0v) is 21.8. The lowest BCUT2D eigenvalue weighted by atomic mass is 10.2. The summed E-state index contributed by atoms with van der Waals surface area (Å²) in [6, 6.07) is 13.0. The first-order valence-electron chi connectivity index (χ1n) is 11.7. The number of aromatic nitrogens is 5. The van der Waals surface area contributed by atoms with Crippen molar-refractivity contribution in [2.75, 3.05) is 5.75 Å². The Morgan fingerprint density at radius 2 is 1.81 bits per heavy atom. The number of nitrogens with zero attached hydrogens (tertiary/aromatic N) is 6. The summed E-state index contributed by atoms with van der Waals surface area (Å²) in [5.74, 6) is -1.84. The van der Waals surface area contributed by atoms with E-state index in [0.717, 1.165) is 39.8 Å². The maximum Gasteiger partial charge on any atom is 0.499 e. The number of fused-ring (bicyclic) bond motifs is 1. The van der Waals surface area contributed by atoms with Gasteiger partial charge in [-0.1, -0.05) is 13.0 Å². The van der Waals surface area contributed by atoms with Gasteiger partial charge in [0.25, 0.3) is 0 Å². The van der Waals surface area contributed by atoms with Crippen LogP contribution >= 0.6 is 0 Å². The third-order valence-electron chi connectivity index (χ3n) is 5.84. The number of hydrogen-bond donors (Lipinski definition) is 0. The molecule has 0 atom stereocenters. The van der Waals surface area contributed by atoms with Gasteiger partial charge in [0.1, 0.15) is 23.3 Å². The molecular weight excluding hydrogens is 591 g/mol. The van der Waals surface area contributed by atoms with Crippen LogP contribution in [0.25, 0.3) is 34.2 Å². The van der Waals surface area contributed by atoms with Crippen molar-refractivity contribution in [1.29, 1.82) is 5.26 Å². The zero-order chi connectivity index (χ0) is 30.4. The van der Waals surface area contributed by atoms with Gasteiger partial charge in [-0.3, -0.25) is 0 Å². The number of ether oxygens (including phenoxy) is 1. The van der Waals surface area contributed by atoms with Crippen molar-refractivity contribution in [1.82, 2.24) is 24.3 Å². The lowest BCUT2D eigenvalue weighted by Crippen LogP contribution is -2.41. The molecule has 0 spiro atoms. The van der Waals surface area contributed by atoms with Gasteiger partial charge in [-0.2, -0.15) is 37.0 Å². The Balaban J connectivity index is 1.61. The van der Waals surface area contributed by atoms with Crippen molar-refractivity contribution in [3.63, 3.8) is 0 Å². The molecule has 0 radical (unpaired) electrons. The van der Waals surface area contributed by atoms with Gasteiger partial charge in [-0.15, -0.1) is 0 Å². The standard InChI is InChI=1S/C25H15F5N6O5S/c1-2-42(38,39)19-8-9-20(36-23(37)35(13-32-36)15-5-3-4-14(10-15)12-31)34-21(19)22-33-17-11-16(6-7-18(17)40-22)41-25(29,30)24(26,27)28/h3-11,13H,2H2,1H3. The van der Waals surface area contributed by atoms with Gasteiger partial charge < -0.3 is 9.15 Å². The van der Waals surface area contributed by atoms with Gasteiger partial charge in [0.2, 0.25) is 5.89 Å². The van der Waals surface area contributed by atoms with Gasteiger partial charge in [0, 0.05) is 6.07 Å². The van der Waals surface area contributed by atoms with E-state index in [0.29, 0.717) is 5.69 Å². The number of sulfone groups is 1. The van der Waals surface area contributed by atoms with Crippen LogP contribution in [0.3, 0.4) is 0 Å². The molecule has 5 aromatic rings.